The molecular weight excluding hydrogens is 228 g/mol. The van der Waals surface area contributed by atoms with Gasteiger partial charge in [0.15, 0.2) is 0 Å². The van der Waals surface area contributed by atoms with E-state index in [2.05, 4.69) is 5.32 Å². The van der Waals surface area contributed by atoms with Gasteiger partial charge in [-0.25, -0.2) is 0 Å². The molecule has 1 aliphatic carbocycles. The predicted octanol–water partition coefficient (Wildman–Crippen LogP) is 1.45. The van der Waals surface area contributed by atoms with Crippen molar-refractivity contribution < 1.29 is 9.90 Å². The molecule has 0 radical (unpaired) electrons. The van der Waals surface area contributed by atoms with E-state index in [0.717, 1.165) is 19.3 Å². The van der Waals surface area contributed by atoms with Gasteiger partial charge in [0, 0.05) is 18.7 Å². The molecule has 1 aliphatic rings. The average molecular weight is 244 g/mol. The molecule has 0 aromatic heterocycles. The first-order chi connectivity index (χ1) is 8.69. The number of hydrogen-bond acceptors (Lipinski definition) is 3. The van der Waals surface area contributed by atoms with Gasteiger partial charge in [-0.15, -0.1) is 0 Å². The number of aliphatic hydroxyl groups is 1. The number of nitriles is 1. The Balaban J connectivity index is 1.90. The fourth-order valence-electron chi connectivity index (χ4n) is 2.00. The van der Waals surface area contributed by atoms with Crippen LogP contribution in [0.3, 0.4) is 0 Å². The summed E-state index contributed by atoms with van der Waals surface area (Å²) in [5.41, 5.74) is 1.23. The van der Waals surface area contributed by atoms with Crippen LogP contribution in [0.4, 0.5) is 0 Å². The molecule has 94 valence electrons. The molecule has 0 bridgehead atoms. The highest BCUT2D eigenvalue weighted by molar-refractivity contribution is 5.94. The molecule has 0 atom stereocenters. The van der Waals surface area contributed by atoms with Crippen molar-refractivity contribution in [3.05, 3.63) is 35.4 Å². The van der Waals surface area contributed by atoms with Crippen molar-refractivity contribution in [2.45, 2.75) is 19.3 Å². The molecule has 0 saturated heterocycles. The van der Waals surface area contributed by atoms with E-state index in [1.54, 1.807) is 24.3 Å². The van der Waals surface area contributed by atoms with Crippen molar-refractivity contribution in [3.63, 3.8) is 0 Å². The largest absolute Gasteiger partial charge is 0.396 e. The molecule has 4 heteroatoms. The lowest BCUT2D eigenvalue weighted by atomic mass is 10.0. The highest BCUT2D eigenvalue weighted by Crippen LogP contribution is 2.47. The van der Waals surface area contributed by atoms with Crippen LogP contribution in [-0.2, 0) is 0 Å². The van der Waals surface area contributed by atoms with Crippen LogP contribution in [0.2, 0.25) is 0 Å². The van der Waals surface area contributed by atoms with E-state index in [4.69, 9.17) is 10.4 Å². The van der Waals surface area contributed by atoms with Gasteiger partial charge in [-0.05, 0) is 48.9 Å². The molecule has 4 nitrogen and oxygen atoms in total. The second kappa shape index (κ2) is 5.19. The van der Waals surface area contributed by atoms with E-state index >= 15 is 0 Å². The second-order valence-corrected chi connectivity index (χ2v) is 4.85. The molecule has 2 rings (SSSR count). The number of rotatable bonds is 5. The molecule has 0 aliphatic heterocycles. The minimum absolute atomic E-state index is 0.122. The predicted molar refractivity (Wildman–Crippen MR) is 66.9 cm³/mol. The lowest BCUT2D eigenvalue weighted by Crippen LogP contribution is -2.30. The zero-order chi connectivity index (χ0) is 13.0. The molecule has 1 amide bonds. The van der Waals surface area contributed by atoms with Gasteiger partial charge in [-0.3, -0.25) is 4.79 Å². The Morgan fingerprint density at radius 1 is 1.39 bits per heavy atom. The minimum atomic E-state index is -0.122. The first-order valence-corrected chi connectivity index (χ1v) is 6.08. The highest BCUT2D eigenvalue weighted by Gasteiger charge is 2.41. The molecule has 1 aromatic carbocycles. The quantitative estimate of drug-likeness (QED) is 0.823. The maximum atomic E-state index is 11.9. The van der Waals surface area contributed by atoms with Crippen LogP contribution in [0.5, 0.6) is 0 Å². The van der Waals surface area contributed by atoms with Crippen LogP contribution in [0.25, 0.3) is 0 Å². The van der Waals surface area contributed by atoms with Crippen LogP contribution in [0, 0.1) is 16.7 Å². The minimum Gasteiger partial charge on any atom is -0.396 e. The van der Waals surface area contributed by atoms with Crippen molar-refractivity contribution in [1.82, 2.24) is 5.32 Å². The Hall–Kier alpha value is -1.86. The Kier molecular flexibility index (Phi) is 3.63. The van der Waals surface area contributed by atoms with Crippen molar-refractivity contribution in [3.8, 4) is 6.07 Å². The van der Waals surface area contributed by atoms with Crippen molar-refractivity contribution in [1.29, 1.82) is 5.26 Å². The maximum absolute atomic E-state index is 11.9. The summed E-state index contributed by atoms with van der Waals surface area (Å²) in [6.45, 7) is 0.791. The van der Waals surface area contributed by atoms with E-state index in [1.165, 1.54) is 0 Å². The van der Waals surface area contributed by atoms with Crippen LogP contribution in [0.15, 0.2) is 24.3 Å². The molecule has 0 unspecified atom stereocenters. The van der Waals surface area contributed by atoms with Gasteiger partial charge < -0.3 is 10.4 Å². The number of benzene rings is 1. The lowest BCUT2D eigenvalue weighted by molar-refractivity contribution is 0.0941. The topological polar surface area (TPSA) is 73.1 Å². The number of carbonyl (C=O) groups is 1. The molecule has 0 heterocycles. The normalized spacial score (nSPS) is 15.8. The van der Waals surface area contributed by atoms with Crippen molar-refractivity contribution in [2.24, 2.45) is 5.41 Å². The van der Waals surface area contributed by atoms with E-state index in [9.17, 15) is 4.79 Å². The molecule has 0 spiro atoms. The molecule has 18 heavy (non-hydrogen) atoms. The molecule has 1 fully saturated rings. The number of nitrogens with zero attached hydrogens (tertiary/aromatic N) is 1. The zero-order valence-corrected chi connectivity index (χ0v) is 10.1. The smallest absolute Gasteiger partial charge is 0.251 e. The summed E-state index contributed by atoms with van der Waals surface area (Å²) < 4.78 is 0. The third-order valence-electron chi connectivity index (χ3n) is 3.50. The Morgan fingerprint density at radius 3 is 2.56 bits per heavy atom. The third-order valence-corrected chi connectivity index (χ3v) is 3.50. The summed E-state index contributed by atoms with van der Waals surface area (Å²) in [6.07, 6.45) is 2.89. The van der Waals surface area contributed by atoms with Gasteiger partial charge in [0.05, 0.1) is 11.6 Å². The summed E-state index contributed by atoms with van der Waals surface area (Å²) in [5, 5.41) is 20.5. The van der Waals surface area contributed by atoms with E-state index in [0.29, 0.717) is 17.7 Å². The molecule has 2 N–H and O–H groups in total. The van der Waals surface area contributed by atoms with Gasteiger partial charge in [0.1, 0.15) is 0 Å². The summed E-state index contributed by atoms with van der Waals surface area (Å²) in [7, 11) is 0. The van der Waals surface area contributed by atoms with E-state index in [-0.39, 0.29) is 17.9 Å². The van der Waals surface area contributed by atoms with Gasteiger partial charge in [-0.1, -0.05) is 0 Å². The maximum Gasteiger partial charge on any atom is 0.251 e. The van der Waals surface area contributed by atoms with Crippen LogP contribution >= 0.6 is 0 Å². The Bertz CT molecular complexity index is 470. The third kappa shape index (κ3) is 2.88. The molecule has 1 aromatic rings. The van der Waals surface area contributed by atoms with Crippen molar-refractivity contribution >= 4 is 5.91 Å². The van der Waals surface area contributed by atoms with Gasteiger partial charge in [-0.2, -0.15) is 5.26 Å². The fraction of sp³-hybridized carbons (Fsp3) is 0.429. The molecular formula is C14H16N2O2. The summed E-state index contributed by atoms with van der Waals surface area (Å²) >= 11 is 0. The summed E-state index contributed by atoms with van der Waals surface area (Å²) in [5.74, 6) is -0.122. The number of aliphatic hydroxyl groups excluding tert-OH is 1. The van der Waals surface area contributed by atoms with Crippen LogP contribution in [-0.4, -0.2) is 24.2 Å². The average Bonchev–Trinajstić information content (AvgIpc) is 3.17. The fourth-order valence-corrected chi connectivity index (χ4v) is 2.00. The van der Waals surface area contributed by atoms with Crippen LogP contribution in [0.1, 0.15) is 35.2 Å². The van der Waals surface area contributed by atoms with E-state index < -0.39 is 0 Å². The van der Waals surface area contributed by atoms with E-state index in [1.807, 2.05) is 6.07 Å². The Labute approximate surface area is 106 Å². The molecule has 1 saturated carbocycles. The number of amides is 1. The standard InChI is InChI=1S/C14H16N2O2/c15-9-11-1-3-12(4-2-11)13(18)16-10-14(5-6-14)7-8-17/h1-4,17H,5-8,10H2,(H,16,18). The Morgan fingerprint density at radius 2 is 2.06 bits per heavy atom. The monoisotopic (exact) mass is 244 g/mol. The lowest BCUT2D eigenvalue weighted by Gasteiger charge is -2.14. The summed E-state index contributed by atoms with van der Waals surface area (Å²) in [6, 6.07) is 8.59. The van der Waals surface area contributed by atoms with Gasteiger partial charge in [0.2, 0.25) is 0 Å². The second-order valence-electron chi connectivity index (χ2n) is 4.85. The van der Waals surface area contributed by atoms with Crippen molar-refractivity contribution in [2.75, 3.05) is 13.2 Å². The highest BCUT2D eigenvalue weighted by atomic mass is 16.3. The number of hydrogen-bond donors (Lipinski definition) is 2. The van der Waals surface area contributed by atoms with Crippen LogP contribution < -0.4 is 5.32 Å². The van der Waals surface area contributed by atoms with Gasteiger partial charge >= 0.3 is 0 Å². The SMILES string of the molecule is N#Cc1ccc(C(=O)NCC2(CCO)CC2)cc1. The number of nitrogens with one attached hydrogen (secondary N) is 1. The first kappa shape index (κ1) is 12.6. The first-order valence-electron chi connectivity index (χ1n) is 6.08. The summed E-state index contributed by atoms with van der Waals surface area (Å²) in [4.78, 5) is 11.9. The zero-order valence-electron chi connectivity index (χ0n) is 10.1. The number of carbonyl (C=O) groups excluding carboxylic acids is 1. The van der Waals surface area contributed by atoms with Gasteiger partial charge in [0.25, 0.3) is 5.91 Å².